The second-order valence-electron chi connectivity index (χ2n) is 4.94. The van der Waals surface area contributed by atoms with E-state index in [0.717, 1.165) is 17.0 Å². The molecule has 3 rings (SSSR count). The van der Waals surface area contributed by atoms with Crippen LogP contribution in [0.25, 0.3) is 11.0 Å². The molecule has 0 saturated heterocycles. The summed E-state index contributed by atoms with van der Waals surface area (Å²) in [5, 5.41) is 15.4. The van der Waals surface area contributed by atoms with Crippen LogP contribution >= 0.6 is 0 Å². The lowest BCUT2D eigenvalue weighted by molar-refractivity contribution is 0.191. The minimum absolute atomic E-state index is 0.326. The molecular formula is C15H15FN2O2. The lowest BCUT2D eigenvalue weighted by atomic mass is 10.1. The standard InChI is InChI=1S/C15H15FN2O2/c1-8-14(9(2)18(3)17-8)15(19)13-7-10-6-11(16)4-5-12(10)20-13/h4-7,15,19H,1-3H3. The first-order valence-electron chi connectivity index (χ1n) is 6.34. The molecule has 104 valence electrons. The van der Waals surface area contributed by atoms with Crippen LogP contribution in [0.2, 0.25) is 0 Å². The third kappa shape index (κ3) is 1.91. The second-order valence-corrected chi connectivity index (χ2v) is 4.94. The summed E-state index contributed by atoms with van der Waals surface area (Å²) in [6.07, 6.45) is -0.904. The molecule has 0 aliphatic heterocycles. The molecule has 0 fully saturated rings. The molecule has 2 aromatic heterocycles. The SMILES string of the molecule is Cc1nn(C)c(C)c1C(O)c1cc2cc(F)ccc2o1. The molecule has 0 aliphatic rings. The molecule has 1 N–H and O–H groups in total. The molecule has 1 aromatic carbocycles. The van der Waals surface area contributed by atoms with Gasteiger partial charge in [0.2, 0.25) is 0 Å². The van der Waals surface area contributed by atoms with Gasteiger partial charge in [-0.2, -0.15) is 5.10 Å². The molecule has 5 heteroatoms. The van der Waals surface area contributed by atoms with E-state index in [2.05, 4.69) is 5.10 Å². The molecular weight excluding hydrogens is 259 g/mol. The number of halogens is 1. The van der Waals surface area contributed by atoms with E-state index in [1.54, 1.807) is 16.8 Å². The first kappa shape index (κ1) is 12.9. The van der Waals surface area contributed by atoms with Crippen LogP contribution in [0.4, 0.5) is 4.39 Å². The highest BCUT2D eigenvalue weighted by molar-refractivity contribution is 5.78. The Bertz CT molecular complexity index is 789. The number of rotatable bonds is 2. The van der Waals surface area contributed by atoms with Gasteiger partial charge in [-0.3, -0.25) is 4.68 Å². The van der Waals surface area contributed by atoms with Crippen molar-refractivity contribution < 1.29 is 13.9 Å². The van der Waals surface area contributed by atoms with Gasteiger partial charge >= 0.3 is 0 Å². The highest BCUT2D eigenvalue weighted by atomic mass is 19.1. The Balaban J connectivity index is 2.10. The summed E-state index contributed by atoms with van der Waals surface area (Å²) in [7, 11) is 1.83. The highest BCUT2D eigenvalue weighted by Gasteiger charge is 2.22. The molecule has 3 aromatic rings. The summed E-state index contributed by atoms with van der Waals surface area (Å²) in [6, 6.07) is 5.94. The predicted octanol–water partition coefficient (Wildman–Crippen LogP) is 3.00. The predicted molar refractivity (Wildman–Crippen MR) is 72.9 cm³/mol. The fourth-order valence-electron chi connectivity index (χ4n) is 2.50. The lowest BCUT2D eigenvalue weighted by Crippen LogP contribution is -2.01. The number of aliphatic hydroxyl groups excluding tert-OH is 1. The largest absolute Gasteiger partial charge is 0.458 e. The van der Waals surface area contributed by atoms with Crippen LogP contribution in [0.5, 0.6) is 0 Å². The zero-order valence-electron chi connectivity index (χ0n) is 11.5. The van der Waals surface area contributed by atoms with E-state index in [1.807, 2.05) is 20.9 Å². The molecule has 2 heterocycles. The summed E-state index contributed by atoms with van der Waals surface area (Å²) >= 11 is 0. The molecule has 0 radical (unpaired) electrons. The summed E-state index contributed by atoms with van der Waals surface area (Å²) in [4.78, 5) is 0. The van der Waals surface area contributed by atoms with Gasteiger partial charge < -0.3 is 9.52 Å². The maximum absolute atomic E-state index is 13.2. The molecule has 1 unspecified atom stereocenters. The van der Waals surface area contributed by atoms with Crippen molar-refractivity contribution >= 4 is 11.0 Å². The zero-order chi connectivity index (χ0) is 14.4. The Morgan fingerprint density at radius 1 is 1.30 bits per heavy atom. The highest BCUT2D eigenvalue weighted by Crippen LogP contribution is 2.31. The first-order chi connectivity index (χ1) is 9.47. The maximum atomic E-state index is 13.2. The number of benzene rings is 1. The second kappa shape index (κ2) is 4.45. The van der Waals surface area contributed by atoms with Crippen LogP contribution in [0.3, 0.4) is 0 Å². The number of hydrogen-bond donors (Lipinski definition) is 1. The molecule has 0 aliphatic carbocycles. The van der Waals surface area contributed by atoms with Crippen molar-refractivity contribution in [3.8, 4) is 0 Å². The number of furan rings is 1. The Morgan fingerprint density at radius 3 is 2.70 bits per heavy atom. The van der Waals surface area contributed by atoms with Gasteiger partial charge in [0.1, 0.15) is 23.3 Å². The van der Waals surface area contributed by atoms with Crippen LogP contribution in [0.15, 0.2) is 28.7 Å². The molecule has 0 saturated carbocycles. The van der Waals surface area contributed by atoms with Gasteiger partial charge in [0, 0.05) is 23.7 Å². The van der Waals surface area contributed by atoms with E-state index in [9.17, 15) is 9.50 Å². The minimum atomic E-state index is -0.904. The number of hydrogen-bond acceptors (Lipinski definition) is 3. The Hall–Kier alpha value is -2.14. The van der Waals surface area contributed by atoms with Crippen molar-refractivity contribution in [2.75, 3.05) is 0 Å². The van der Waals surface area contributed by atoms with Crippen molar-refractivity contribution in [2.45, 2.75) is 20.0 Å². The summed E-state index contributed by atoms with van der Waals surface area (Å²) in [5.74, 6) is 0.0675. The maximum Gasteiger partial charge on any atom is 0.140 e. The summed E-state index contributed by atoms with van der Waals surface area (Å²) < 4.78 is 20.5. The average molecular weight is 274 g/mol. The van der Waals surface area contributed by atoms with Gasteiger partial charge in [0.25, 0.3) is 0 Å². The normalized spacial score (nSPS) is 13.1. The van der Waals surface area contributed by atoms with E-state index in [1.165, 1.54) is 12.1 Å². The third-order valence-corrected chi connectivity index (χ3v) is 3.61. The van der Waals surface area contributed by atoms with Gasteiger partial charge in [-0.25, -0.2) is 4.39 Å². The third-order valence-electron chi connectivity index (χ3n) is 3.61. The minimum Gasteiger partial charge on any atom is -0.458 e. The van der Waals surface area contributed by atoms with E-state index < -0.39 is 6.10 Å². The average Bonchev–Trinajstić information content (AvgIpc) is 2.91. The van der Waals surface area contributed by atoms with Gasteiger partial charge in [-0.05, 0) is 38.1 Å². The van der Waals surface area contributed by atoms with Crippen molar-refractivity contribution in [2.24, 2.45) is 7.05 Å². The van der Waals surface area contributed by atoms with Gasteiger partial charge in [-0.15, -0.1) is 0 Å². The number of nitrogens with zero attached hydrogens (tertiary/aromatic N) is 2. The van der Waals surface area contributed by atoms with E-state index in [-0.39, 0.29) is 5.82 Å². The molecule has 20 heavy (non-hydrogen) atoms. The van der Waals surface area contributed by atoms with Crippen LogP contribution in [-0.4, -0.2) is 14.9 Å². The molecule has 0 bridgehead atoms. The van der Waals surface area contributed by atoms with Crippen LogP contribution in [-0.2, 0) is 7.05 Å². The van der Waals surface area contributed by atoms with E-state index in [0.29, 0.717) is 16.7 Å². The number of aryl methyl sites for hydroxylation is 2. The quantitative estimate of drug-likeness (QED) is 0.781. The smallest absolute Gasteiger partial charge is 0.140 e. The monoisotopic (exact) mass is 274 g/mol. The zero-order valence-corrected chi connectivity index (χ0v) is 11.5. The van der Waals surface area contributed by atoms with Gasteiger partial charge in [-0.1, -0.05) is 0 Å². The molecule has 0 amide bonds. The van der Waals surface area contributed by atoms with Gasteiger partial charge in [0.05, 0.1) is 5.69 Å². The molecule has 4 nitrogen and oxygen atoms in total. The van der Waals surface area contributed by atoms with Crippen LogP contribution in [0, 0.1) is 19.7 Å². The van der Waals surface area contributed by atoms with Crippen molar-refractivity contribution in [1.29, 1.82) is 0 Å². The van der Waals surface area contributed by atoms with E-state index in [4.69, 9.17) is 4.42 Å². The van der Waals surface area contributed by atoms with Crippen molar-refractivity contribution in [3.63, 3.8) is 0 Å². The lowest BCUT2D eigenvalue weighted by Gasteiger charge is -2.08. The van der Waals surface area contributed by atoms with E-state index >= 15 is 0 Å². The molecule has 0 spiro atoms. The van der Waals surface area contributed by atoms with Crippen molar-refractivity contribution in [3.05, 3.63) is 52.8 Å². The van der Waals surface area contributed by atoms with Crippen molar-refractivity contribution in [1.82, 2.24) is 9.78 Å². The van der Waals surface area contributed by atoms with Crippen LogP contribution < -0.4 is 0 Å². The first-order valence-corrected chi connectivity index (χ1v) is 6.34. The Kier molecular flexibility index (Phi) is 2.87. The Labute approximate surface area is 115 Å². The Morgan fingerprint density at radius 2 is 2.05 bits per heavy atom. The number of aromatic nitrogens is 2. The topological polar surface area (TPSA) is 51.2 Å². The summed E-state index contributed by atoms with van der Waals surface area (Å²) in [6.45, 7) is 3.73. The fourth-order valence-corrected chi connectivity index (χ4v) is 2.50. The van der Waals surface area contributed by atoms with Crippen LogP contribution in [0.1, 0.15) is 28.8 Å². The fraction of sp³-hybridized carbons (Fsp3) is 0.267. The number of aliphatic hydroxyl groups is 1. The summed E-state index contributed by atoms with van der Waals surface area (Å²) in [5.41, 5.74) is 2.91. The molecule has 1 atom stereocenters. The van der Waals surface area contributed by atoms with Gasteiger partial charge in [0.15, 0.2) is 0 Å². The number of fused-ring (bicyclic) bond motifs is 1.